The monoisotopic (exact) mass is 292 g/mol. The molecule has 6 heteroatoms. The summed E-state index contributed by atoms with van der Waals surface area (Å²) in [6.45, 7) is 3.21. The third-order valence-corrected chi connectivity index (χ3v) is 3.27. The SMILES string of the molecule is Cl.Oc1ccc([C@@H](CC(F)F)N2CCNCC2)cc1. The lowest BCUT2D eigenvalue weighted by atomic mass is 10.0. The molecule has 0 amide bonds. The van der Waals surface area contributed by atoms with Crippen LogP contribution in [0.3, 0.4) is 0 Å². The highest BCUT2D eigenvalue weighted by Gasteiger charge is 2.25. The number of hydrogen-bond donors (Lipinski definition) is 2. The Bertz CT molecular complexity index is 369. The molecule has 1 atom stereocenters. The molecule has 2 rings (SSSR count). The van der Waals surface area contributed by atoms with E-state index in [1.165, 1.54) is 0 Å². The number of aromatic hydroxyl groups is 1. The summed E-state index contributed by atoms with van der Waals surface area (Å²) in [6, 6.07) is 6.29. The number of halogens is 3. The molecule has 0 aliphatic carbocycles. The van der Waals surface area contributed by atoms with Gasteiger partial charge in [-0.3, -0.25) is 4.90 Å². The minimum atomic E-state index is -2.32. The molecular formula is C13H19ClF2N2O. The van der Waals surface area contributed by atoms with E-state index in [2.05, 4.69) is 10.2 Å². The van der Waals surface area contributed by atoms with Crippen LogP contribution in [0.1, 0.15) is 18.0 Å². The third-order valence-electron chi connectivity index (χ3n) is 3.27. The van der Waals surface area contributed by atoms with Gasteiger partial charge in [-0.2, -0.15) is 0 Å². The van der Waals surface area contributed by atoms with Crippen molar-refractivity contribution in [3.63, 3.8) is 0 Å². The summed E-state index contributed by atoms with van der Waals surface area (Å²) in [4.78, 5) is 2.08. The molecule has 2 N–H and O–H groups in total. The average Bonchev–Trinajstić information content (AvgIpc) is 2.38. The summed E-state index contributed by atoms with van der Waals surface area (Å²) >= 11 is 0. The first-order valence-corrected chi connectivity index (χ1v) is 6.18. The van der Waals surface area contributed by atoms with Gasteiger partial charge in [-0.15, -0.1) is 12.4 Å². The molecule has 0 unspecified atom stereocenters. The number of rotatable bonds is 4. The van der Waals surface area contributed by atoms with Gasteiger partial charge < -0.3 is 10.4 Å². The molecule has 0 aromatic heterocycles. The van der Waals surface area contributed by atoms with Crippen LogP contribution < -0.4 is 5.32 Å². The number of benzene rings is 1. The largest absolute Gasteiger partial charge is 0.508 e. The number of piperazine rings is 1. The maximum absolute atomic E-state index is 12.7. The summed E-state index contributed by atoms with van der Waals surface area (Å²) in [5, 5.41) is 12.5. The molecular weight excluding hydrogens is 274 g/mol. The average molecular weight is 293 g/mol. The topological polar surface area (TPSA) is 35.5 Å². The molecule has 1 aliphatic heterocycles. The fourth-order valence-corrected chi connectivity index (χ4v) is 2.36. The van der Waals surface area contributed by atoms with E-state index < -0.39 is 6.43 Å². The Morgan fingerprint density at radius 3 is 2.26 bits per heavy atom. The lowest BCUT2D eigenvalue weighted by molar-refractivity contribution is 0.0739. The summed E-state index contributed by atoms with van der Waals surface area (Å²) in [5.41, 5.74) is 0.843. The Hall–Kier alpha value is -0.910. The number of hydrogen-bond acceptors (Lipinski definition) is 3. The third kappa shape index (κ3) is 4.60. The van der Waals surface area contributed by atoms with Crippen LogP contribution in [0.5, 0.6) is 5.75 Å². The molecule has 1 fully saturated rings. The number of nitrogens with one attached hydrogen (secondary N) is 1. The normalized spacial score (nSPS) is 18.1. The zero-order chi connectivity index (χ0) is 13.0. The molecule has 0 saturated carbocycles. The number of alkyl halides is 2. The van der Waals surface area contributed by atoms with Crippen molar-refractivity contribution in [3.8, 4) is 5.75 Å². The minimum absolute atomic E-state index is 0. The Balaban J connectivity index is 0.00000180. The maximum atomic E-state index is 12.7. The van der Waals surface area contributed by atoms with Crippen molar-refractivity contribution in [2.45, 2.75) is 18.9 Å². The molecule has 0 radical (unpaired) electrons. The smallest absolute Gasteiger partial charge is 0.240 e. The number of phenols is 1. The molecule has 1 aromatic rings. The summed E-state index contributed by atoms with van der Waals surface area (Å²) in [6.07, 6.45) is -2.48. The van der Waals surface area contributed by atoms with Crippen LogP contribution in [0.25, 0.3) is 0 Å². The number of phenolic OH excluding ortho intramolecular Hbond substituents is 1. The van der Waals surface area contributed by atoms with Gasteiger partial charge in [0.05, 0.1) is 0 Å². The van der Waals surface area contributed by atoms with Crippen molar-refractivity contribution >= 4 is 12.4 Å². The second-order valence-electron chi connectivity index (χ2n) is 4.52. The molecule has 0 spiro atoms. The van der Waals surface area contributed by atoms with Gasteiger partial charge >= 0.3 is 0 Å². The van der Waals surface area contributed by atoms with Crippen molar-refractivity contribution in [3.05, 3.63) is 29.8 Å². The van der Waals surface area contributed by atoms with Crippen LogP contribution in [0.4, 0.5) is 8.78 Å². The van der Waals surface area contributed by atoms with Crippen LogP contribution in [0.15, 0.2) is 24.3 Å². The minimum Gasteiger partial charge on any atom is -0.508 e. The van der Waals surface area contributed by atoms with Crippen LogP contribution in [0, 0.1) is 0 Å². The maximum Gasteiger partial charge on any atom is 0.240 e. The van der Waals surface area contributed by atoms with Gasteiger partial charge in [0.15, 0.2) is 0 Å². The standard InChI is InChI=1S/C13H18F2N2O.ClH/c14-13(15)9-12(17-7-5-16-6-8-17)10-1-3-11(18)4-2-10;/h1-4,12-13,16,18H,5-9H2;1H/t12-;/m1./s1. The van der Waals surface area contributed by atoms with Crippen LogP contribution in [-0.2, 0) is 0 Å². The highest BCUT2D eigenvalue weighted by atomic mass is 35.5. The van der Waals surface area contributed by atoms with Gasteiger partial charge in [-0.1, -0.05) is 12.1 Å². The first-order valence-electron chi connectivity index (χ1n) is 6.18. The Kier molecular flexibility index (Phi) is 6.48. The predicted octanol–water partition coefficient (Wildman–Crippen LogP) is 2.42. The summed E-state index contributed by atoms with van der Waals surface area (Å²) < 4.78 is 25.4. The first-order chi connectivity index (χ1) is 8.66. The lowest BCUT2D eigenvalue weighted by Crippen LogP contribution is -2.45. The van der Waals surface area contributed by atoms with E-state index in [0.717, 1.165) is 31.7 Å². The van der Waals surface area contributed by atoms with Crippen molar-refractivity contribution in [2.75, 3.05) is 26.2 Å². The van der Waals surface area contributed by atoms with Gasteiger partial charge in [0.1, 0.15) is 5.75 Å². The highest BCUT2D eigenvalue weighted by molar-refractivity contribution is 5.85. The predicted molar refractivity (Wildman–Crippen MR) is 73.2 cm³/mol. The van der Waals surface area contributed by atoms with Crippen molar-refractivity contribution in [2.24, 2.45) is 0 Å². The van der Waals surface area contributed by atoms with E-state index >= 15 is 0 Å². The Morgan fingerprint density at radius 1 is 1.16 bits per heavy atom. The fourth-order valence-electron chi connectivity index (χ4n) is 2.36. The van der Waals surface area contributed by atoms with Crippen molar-refractivity contribution < 1.29 is 13.9 Å². The summed E-state index contributed by atoms with van der Waals surface area (Å²) in [7, 11) is 0. The van der Waals surface area contributed by atoms with E-state index in [9.17, 15) is 13.9 Å². The molecule has 1 saturated heterocycles. The van der Waals surface area contributed by atoms with Gasteiger partial charge in [0.2, 0.25) is 6.43 Å². The van der Waals surface area contributed by atoms with Gasteiger partial charge in [0.25, 0.3) is 0 Å². The molecule has 1 aromatic carbocycles. The van der Waals surface area contributed by atoms with Gasteiger partial charge in [-0.05, 0) is 17.7 Å². The fraction of sp³-hybridized carbons (Fsp3) is 0.538. The molecule has 19 heavy (non-hydrogen) atoms. The van der Waals surface area contributed by atoms with E-state index in [1.54, 1.807) is 24.3 Å². The molecule has 0 bridgehead atoms. The van der Waals surface area contributed by atoms with E-state index in [0.29, 0.717) is 0 Å². The van der Waals surface area contributed by atoms with Crippen LogP contribution in [0.2, 0.25) is 0 Å². The highest BCUT2D eigenvalue weighted by Crippen LogP contribution is 2.28. The molecule has 3 nitrogen and oxygen atoms in total. The molecule has 1 aliphatic rings. The molecule has 1 heterocycles. The van der Waals surface area contributed by atoms with E-state index in [1.807, 2.05) is 0 Å². The quantitative estimate of drug-likeness (QED) is 0.895. The first kappa shape index (κ1) is 16.1. The van der Waals surface area contributed by atoms with Crippen molar-refractivity contribution in [1.29, 1.82) is 0 Å². The van der Waals surface area contributed by atoms with Crippen LogP contribution in [-0.4, -0.2) is 42.6 Å². The number of nitrogens with zero attached hydrogens (tertiary/aromatic N) is 1. The zero-order valence-corrected chi connectivity index (χ0v) is 11.4. The second kappa shape index (κ2) is 7.62. The lowest BCUT2D eigenvalue weighted by Gasteiger charge is -2.35. The molecule has 108 valence electrons. The second-order valence-corrected chi connectivity index (χ2v) is 4.52. The van der Waals surface area contributed by atoms with E-state index in [-0.39, 0.29) is 30.6 Å². The van der Waals surface area contributed by atoms with Crippen LogP contribution >= 0.6 is 12.4 Å². The van der Waals surface area contributed by atoms with E-state index in [4.69, 9.17) is 0 Å². The van der Waals surface area contributed by atoms with Crippen molar-refractivity contribution in [1.82, 2.24) is 10.2 Å². The Morgan fingerprint density at radius 2 is 1.74 bits per heavy atom. The van der Waals surface area contributed by atoms with Gasteiger partial charge in [0, 0.05) is 38.6 Å². The van der Waals surface area contributed by atoms with Gasteiger partial charge in [-0.25, -0.2) is 8.78 Å². The summed E-state index contributed by atoms with van der Waals surface area (Å²) in [5.74, 6) is 0.162. The Labute approximate surface area is 118 Å². The zero-order valence-electron chi connectivity index (χ0n) is 10.6.